The average Bonchev–Trinajstić information content (AvgIpc) is 3.15. The third-order valence-electron chi connectivity index (χ3n) is 6.32. The zero-order chi connectivity index (χ0) is 42.5. The van der Waals surface area contributed by atoms with Gasteiger partial charge < -0.3 is 18.9 Å². The van der Waals surface area contributed by atoms with E-state index in [4.69, 9.17) is 25.8 Å². The predicted octanol–water partition coefficient (Wildman–Crippen LogP) is 12.1. The van der Waals surface area contributed by atoms with Gasteiger partial charge in [0.1, 0.15) is 51.0 Å². The number of nitrogens with zero attached hydrogens (tertiary/aromatic N) is 7. The van der Waals surface area contributed by atoms with E-state index in [1.165, 1.54) is 18.3 Å². The summed E-state index contributed by atoms with van der Waals surface area (Å²) in [6, 6.07) is 9.70. The summed E-state index contributed by atoms with van der Waals surface area (Å²) in [5.41, 5.74) is 0.457. The van der Waals surface area contributed by atoms with E-state index in [-0.39, 0.29) is 90.5 Å². The molecule has 0 fully saturated rings. The van der Waals surface area contributed by atoms with Crippen LogP contribution in [0.25, 0.3) is 0 Å². The van der Waals surface area contributed by atoms with Crippen LogP contribution in [0.1, 0.15) is 47.5 Å². The van der Waals surface area contributed by atoms with E-state index in [2.05, 4.69) is 107 Å². The molecule has 0 aliphatic heterocycles. The van der Waals surface area contributed by atoms with Crippen molar-refractivity contribution < 1.29 is 38.4 Å². The van der Waals surface area contributed by atoms with Gasteiger partial charge in [-0.25, -0.2) is 19.6 Å². The molecule has 0 aliphatic carbocycles. The monoisotopic (exact) mass is 1150 g/mol. The molecule has 0 radical (unpaired) electrons. The number of halogens is 5. The molecule has 0 aromatic carbocycles. The summed E-state index contributed by atoms with van der Waals surface area (Å²) >= 11 is 17.9. The number of aromatic nitrogens is 4. The minimum absolute atomic E-state index is 0. The molecule has 4 aromatic rings. The molecule has 336 valence electrons. The van der Waals surface area contributed by atoms with Crippen molar-refractivity contribution in [3.8, 4) is 11.5 Å². The minimum Gasteiger partial charge on any atom is -0.488 e. The fourth-order valence-electron chi connectivity index (χ4n) is 4.09. The minimum atomic E-state index is -0.768. The van der Waals surface area contributed by atoms with Crippen molar-refractivity contribution in [1.29, 1.82) is 0 Å². The number of nitro groups is 2. The van der Waals surface area contributed by atoms with Crippen molar-refractivity contribution in [3.05, 3.63) is 124 Å². The third kappa shape index (κ3) is 19.9. The lowest BCUT2D eigenvalue weighted by atomic mass is 10.2. The average molecular weight is 1150 g/mol. The largest absolute Gasteiger partial charge is 0.488 e. The Morgan fingerprint density at radius 3 is 1.77 bits per heavy atom. The van der Waals surface area contributed by atoms with Gasteiger partial charge in [0.05, 0.1) is 41.2 Å². The molecule has 1 atom stereocenters. The SMILES string of the molecule is C.C.C.C=CCOc1cccnc1CCl.C=CCOc1cccnc1CN(C(=O)OCC)c1cc(Br)nc(Br)c1[N+](=O)[O-].CCOC(=O)Nc1cc(Br)nc(Br)c1[N+](=O)[O-].P. The molecular weight excluding hydrogens is 1100 g/mol. The standard InChI is InChI=1S/C17H16Br2N4O5.C9H10ClNO.C8H7Br2N3O4.3CH4.H3P/c1-3-8-28-13-6-5-7-20-11(13)10-22(17(24)27-4-2)12-9-14(18)21-16(19)15(12)23(25)26;1-2-6-12-9-4-3-5-11-8(9)7-10;1-2-17-8(14)11-4-3-5(9)12-7(10)6(4)13(15)16;;;;/h3,5-7,9H,1,4,8,10H2,2H3;2-5H,1,6-7H2;3H,2H2,1H3,(H,11,12,14);3*1H4;1H3. The molecule has 18 nitrogen and oxygen atoms in total. The van der Waals surface area contributed by atoms with Gasteiger partial charge in [-0.3, -0.25) is 40.4 Å². The Morgan fingerprint density at radius 1 is 0.820 bits per heavy atom. The Balaban J connectivity index is -0.000000876. The number of hydrogen-bond donors (Lipinski definition) is 1. The van der Waals surface area contributed by atoms with Crippen LogP contribution in [0.2, 0.25) is 0 Å². The molecule has 4 rings (SSSR count). The van der Waals surface area contributed by atoms with Crippen molar-refractivity contribution in [2.75, 3.05) is 36.6 Å². The van der Waals surface area contributed by atoms with Crippen molar-refractivity contribution in [1.82, 2.24) is 19.9 Å². The highest BCUT2D eigenvalue weighted by atomic mass is 79.9. The lowest BCUT2D eigenvalue weighted by molar-refractivity contribution is -0.385. The lowest BCUT2D eigenvalue weighted by Gasteiger charge is -2.22. The molecule has 0 bridgehead atoms. The van der Waals surface area contributed by atoms with Crippen molar-refractivity contribution in [3.63, 3.8) is 0 Å². The first-order chi connectivity index (χ1) is 27.2. The maximum atomic E-state index is 12.6. The maximum absolute atomic E-state index is 12.6. The summed E-state index contributed by atoms with van der Waals surface area (Å²) in [5.74, 6) is 1.52. The van der Waals surface area contributed by atoms with Crippen LogP contribution in [-0.4, -0.2) is 68.4 Å². The van der Waals surface area contributed by atoms with Crippen molar-refractivity contribution in [2.45, 2.75) is 48.6 Å². The summed E-state index contributed by atoms with van der Waals surface area (Å²) in [6.45, 7) is 11.3. The van der Waals surface area contributed by atoms with Gasteiger partial charge in [-0.2, -0.15) is 9.90 Å². The topological polar surface area (TPSA) is 224 Å². The van der Waals surface area contributed by atoms with Gasteiger partial charge in [0.2, 0.25) is 0 Å². The second-order valence-corrected chi connectivity index (χ2v) is 13.5. The van der Waals surface area contributed by atoms with Crippen LogP contribution in [0.4, 0.5) is 32.3 Å². The van der Waals surface area contributed by atoms with E-state index in [1.54, 1.807) is 44.3 Å². The number of carbonyl (C=O) groups excluding carboxylic acids is 2. The summed E-state index contributed by atoms with van der Waals surface area (Å²) < 4.78 is 21.3. The first kappa shape index (κ1) is 61.0. The highest BCUT2D eigenvalue weighted by molar-refractivity contribution is 9.11. The molecule has 1 N–H and O–H groups in total. The molecular formula is C37H48Br4ClN8O10P. The van der Waals surface area contributed by atoms with Crippen LogP contribution in [0.3, 0.4) is 0 Å². The lowest BCUT2D eigenvalue weighted by Crippen LogP contribution is -2.32. The fourth-order valence-corrected chi connectivity index (χ4v) is 6.65. The Hall–Kier alpha value is -4.34. The fraction of sp³-hybridized carbons (Fsp3) is 0.297. The number of rotatable bonds is 15. The smallest absolute Gasteiger partial charge is 0.414 e. The van der Waals surface area contributed by atoms with Gasteiger partial charge in [-0.05, 0) is 102 Å². The van der Waals surface area contributed by atoms with E-state index in [0.717, 1.165) is 16.3 Å². The van der Waals surface area contributed by atoms with Crippen molar-refractivity contribution >= 4 is 120 Å². The first-order valence-electron chi connectivity index (χ1n) is 16.0. The van der Waals surface area contributed by atoms with Gasteiger partial charge in [0, 0.05) is 24.5 Å². The van der Waals surface area contributed by atoms with Crippen LogP contribution in [-0.2, 0) is 21.9 Å². The molecule has 2 amide bonds. The summed E-state index contributed by atoms with van der Waals surface area (Å²) in [4.78, 5) is 62.1. The number of amides is 2. The number of anilines is 2. The first-order valence-corrected chi connectivity index (χ1v) is 19.7. The molecule has 1 unspecified atom stereocenters. The quantitative estimate of drug-likeness (QED) is 0.0292. The van der Waals surface area contributed by atoms with E-state index in [9.17, 15) is 29.8 Å². The number of pyridine rings is 4. The molecule has 4 heterocycles. The number of carbonyl (C=O) groups is 2. The third-order valence-corrected chi connectivity index (χ3v) is 8.49. The normalized spacial score (nSPS) is 9.30. The van der Waals surface area contributed by atoms with Crippen LogP contribution >= 0.6 is 85.2 Å². The molecule has 0 saturated carbocycles. The number of hydrogen-bond acceptors (Lipinski definition) is 14. The summed E-state index contributed by atoms with van der Waals surface area (Å²) in [5, 5.41) is 24.7. The van der Waals surface area contributed by atoms with Crippen LogP contribution in [0.15, 0.2) is 92.5 Å². The molecule has 24 heteroatoms. The predicted molar refractivity (Wildman–Crippen MR) is 257 cm³/mol. The highest BCUT2D eigenvalue weighted by Crippen LogP contribution is 2.38. The number of nitrogens with one attached hydrogen (secondary N) is 1. The Morgan fingerprint density at radius 2 is 1.30 bits per heavy atom. The molecule has 61 heavy (non-hydrogen) atoms. The van der Waals surface area contributed by atoms with Crippen LogP contribution in [0, 0.1) is 20.2 Å². The second kappa shape index (κ2) is 32.4. The molecule has 0 aliphatic rings. The molecule has 0 saturated heterocycles. The Bertz CT molecular complexity index is 2060. The van der Waals surface area contributed by atoms with Gasteiger partial charge in [-0.15, -0.1) is 11.6 Å². The maximum Gasteiger partial charge on any atom is 0.414 e. The van der Waals surface area contributed by atoms with Gasteiger partial charge in [0.15, 0.2) is 9.21 Å². The Labute approximate surface area is 396 Å². The zero-order valence-electron chi connectivity index (χ0n) is 30.7. The van der Waals surface area contributed by atoms with Gasteiger partial charge in [-0.1, -0.05) is 47.6 Å². The van der Waals surface area contributed by atoms with Crippen LogP contribution < -0.4 is 19.7 Å². The zero-order valence-corrected chi connectivity index (χ0v) is 39.3. The van der Waals surface area contributed by atoms with E-state index >= 15 is 0 Å². The second-order valence-electron chi connectivity index (χ2n) is 10.1. The molecule has 0 spiro atoms. The number of alkyl halides is 1. The Kier molecular flexibility index (Phi) is 32.4. The van der Waals surface area contributed by atoms with Gasteiger partial charge in [0.25, 0.3) is 0 Å². The summed E-state index contributed by atoms with van der Waals surface area (Å²) in [7, 11) is 0. The summed E-state index contributed by atoms with van der Waals surface area (Å²) in [6.07, 6.45) is 4.95. The molecule has 4 aromatic heterocycles. The van der Waals surface area contributed by atoms with E-state index in [1.807, 2.05) is 12.1 Å². The van der Waals surface area contributed by atoms with E-state index < -0.39 is 22.0 Å². The number of ether oxygens (including phenoxy) is 4. The van der Waals surface area contributed by atoms with E-state index in [0.29, 0.717) is 33.1 Å². The van der Waals surface area contributed by atoms with Crippen LogP contribution in [0.5, 0.6) is 11.5 Å². The van der Waals surface area contributed by atoms with Crippen molar-refractivity contribution in [2.24, 2.45) is 0 Å². The van der Waals surface area contributed by atoms with Gasteiger partial charge >= 0.3 is 23.6 Å². The highest BCUT2D eigenvalue weighted by Gasteiger charge is 2.31.